The van der Waals surface area contributed by atoms with Gasteiger partial charge < -0.3 is 9.73 Å². The Labute approximate surface area is 154 Å². The lowest BCUT2D eigenvalue weighted by Gasteiger charge is -2.09. The fraction of sp³-hybridized carbons (Fsp3) is 0.421. The van der Waals surface area contributed by atoms with Crippen LogP contribution in [0.5, 0.6) is 0 Å². The molecular weight excluding hydrogens is 351 g/mol. The predicted octanol–water partition coefficient (Wildman–Crippen LogP) is 2.39. The number of hydrogen-bond donors (Lipinski definition) is 1. The maximum atomic E-state index is 13.4. The Balaban J connectivity index is 1.37. The Bertz CT molecular complexity index is 1060. The number of nitrogens with zero attached hydrogens (tertiary/aromatic N) is 3. The van der Waals surface area contributed by atoms with Crippen molar-refractivity contribution < 1.29 is 13.6 Å². The van der Waals surface area contributed by atoms with Crippen LogP contribution in [0.25, 0.3) is 11.0 Å². The molecule has 1 amide bonds. The van der Waals surface area contributed by atoms with E-state index in [1.165, 1.54) is 22.9 Å². The molecule has 0 radical (unpaired) electrons. The second kappa shape index (κ2) is 7.02. The van der Waals surface area contributed by atoms with Crippen LogP contribution in [0.1, 0.15) is 41.2 Å². The van der Waals surface area contributed by atoms with Crippen molar-refractivity contribution in [3.05, 3.63) is 51.6 Å². The highest BCUT2D eigenvalue weighted by Crippen LogP contribution is 2.25. The molecule has 27 heavy (non-hydrogen) atoms. The van der Waals surface area contributed by atoms with Gasteiger partial charge in [0.15, 0.2) is 5.76 Å². The topological polar surface area (TPSA) is 82.1 Å². The van der Waals surface area contributed by atoms with E-state index in [1.54, 1.807) is 11.5 Å². The molecule has 3 aromatic rings. The molecule has 0 bridgehead atoms. The fourth-order valence-corrected chi connectivity index (χ4v) is 3.51. The Morgan fingerprint density at radius 3 is 3.04 bits per heavy atom. The molecule has 2 aromatic heterocycles. The summed E-state index contributed by atoms with van der Waals surface area (Å²) in [5.74, 6) is 0.317. The molecule has 0 fully saturated rings. The second-order valence-electron chi connectivity index (χ2n) is 6.84. The number of aryl methyl sites for hydroxylation is 3. The summed E-state index contributed by atoms with van der Waals surface area (Å²) in [5.41, 5.74) is 1.01. The van der Waals surface area contributed by atoms with Gasteiger partial charge in [-0.3, -0.25) is 9.36 Å². The van der Waals surface area contributed by atoms with Crippen LogP contribution in [0.15, 0.2) is 27.4 Å². The van der Waals surface area contributed by atoms with E-state index in [4.69, 9.17) is 4.42 Å². The maximum Gasteiger partial charge on any atom is 0.345 e. The first-order valence-corrected chi connectivity index (χ1v) is 9.18. The van der Waals surface area contributed by atoms with Gasteiger partial charge in [-0.2, -0.15) is 5.10 Å². The number of carbonyl (C=O) groups excluding carboxylic acids is 1. The summed E-state index contributed by atoms with van der Waals surface area (Å²) in [7, 11) is 0. The van der Waals surface area contributed by atoms with E-state index in [-0.39, 0.29) is 23.2 Å². The average Bonchev–Trinajstić information content (AvgIpc) is 3.16. The highest BCUT2D eigenvalue weighted by atomic mass is 19.1. The second-order valence-corrected chi connectivity index (χ2v) is 6.84. The highest BCUT2D eigenvalue weighted by Gasteiger charge is 2.18. The van der Waals surface area contributed by atoms with Crippen molar-refractivity contribution in [2.45, 2.75) is 45.7 Å². The number of nitrogens with one attached hydrogen (secondary N) is 1. The van der Waals surface area contributed by atoms with E-state index < -0.39 is 0 Å². The average molecular weight is 372 g/mol. The lowest BCUT2D eigenvalue weighted by molar-refractivity contribution is 0.0926. The fourth-order valence-electron chi connectivity index (χ4n) is 3.51. The normalized spacial score (nSPS) is 13.7. The van der Waals surface area contributed by atoms with Crippen LogP contribution in [0.3, 0.4) is 0 Å². The van der Waals surface area contributed by atoms with Gasteiger partial charge in [-0.15, -0.1) is 0 Å². The van der Waals surface area contributed by atoms with E-state index in [1.807, 2.05) is 0 Å². The molecule has 142 valence electrons. The van der Waals surface area contributed by atoms with Crippen molar-refractivity contribution in [3.8, 4) is 0 Å². The highest BCUT2D eigenvalue weighted by molar-refractivity contribution is 5.98. The smallest absolute Gasteiger partial charge is 0.345 e. The number of halogens is 1. The van der Waals surface area contributed by atoms with Gasteiger partial charge in [-0.1, -0.05) is 0 Å². The van der Waals surface area contributed by atoms with Crippen LogP contribution in [-0.2, 0) is 19.5 Å². The van der Waals surface area contributed by atoms with Gasteiger partial charge in [0.05, 0.1) is 0 Å². The summed E-state index contributed by atoms with van der Waals surface area (Å²) < 4.78 is 22.1. The molecule has 0 atom stereocenters. The zero-order valence-corrected chi connectivity index (χ0v) is 15.1. The lowest BCUT2D eigenvalue weighted by atomic mass is 10.1. The number of carbonyl (C=O) groups is 1. The van der Waals surface area contributed by atoms with Crippen molar-refractivity contribution in [1.82, 2.24) is 19.7 Å². The van der Waals surface area contributed by atoms with Crippen LogP contribution < -0.4 is 11.0 Å². The van der Waals surface area contributed by atoms with Gasteiger partial charge in [0.25, 0.3) is 5.91 Å². The van der Waals surface area contributed by atoms with Crippen molar-refractivity contribution in [2.75, 3.05) is 6.54 Å². The molecule has 0 saturated heterocycles. The minimum Gasteiger partial charge on any atom is -0.451 e. The van der Waals surface area contributed by atoms with Crippen LogP contribution in [-0.4, -0.2) is 26.8 Å². The first kappa shape index (κ1) is 17.5. The Morgan fingerprint density at radius 2 is 2.22 bits per heavy atom. The van der Waals surface area contributed by atoms with Crippen LogP contribution in [0.2, 0.25) is 0 Å². The third kappa shape index (κ3) is 3.27. The standard InChI is InChI=1S/C19H21FN4O3/c1-12-14-11-13(20)6-7-15(14)27-17(12)18(25)21-8-4-10-24-19(26)23-9-3-2-5-16(23)22-24/h6-7,11H,2-5,8-10H2,1H3,(H,21,25). The molecule has 1 aromatic carbocycles. The van der Waals surface area contributed by atoms with Gasteiger partial charge >= 0.3 is 5.69 Å². The van der Waals surface area contributed by atoms with Gasteiger partial charge in [0, 0.05) is 37.0 Å². The number of furan rings is 1. The molecule has 3 heterocycles. The minimum atomic E-state index is -0.369. The molecular formula is C19H21FN4O3. The minimum absolute atomic E-state index is 0.0776. The molecule has 1 aliphatic heterocycles. The van der Waals surface area contributed by atoms with E-state index in [0.717, 1.165) is 31.6 Å². The molecule has 8 heteroatoms. The number of aromatic nitrogens is 3. The van der Waals surface area contributed by atoms with Crippen molar-refractivity contribution >= 4 is 16.9 Å². The largest absolute Gasteiger partial charge is 0.451 e. The summed E-state index contributed by atoms with van der Waals surface area (Å²) in [5, 5.41) is 7.76. The van der Waals surface area contributed by atoms with Crippen LogP contribution in [0.4, 0.5) is 4.39 Å². The third-order valence-electron chi connectivity index (χ3n) is 4.97. The molecule has 0 unspecified atom stereocenters. The van der Waals surface area contributed by atoms with Crippen LogP contribution >= 0.6 is 0 Å². The van der Waals surface area contributed by atoms with Crippen LogP contribution in [0, 0.1) is 12.7 Å². The molecule has 1 N–H and O–H groups in total. The third-order valence-corrected chi connectivity index (χ3v) is 4.97. The molecule has 0 spiro atoms. The monoisotopic (exact) mass is 372 g/mol. The number of hydrogen-bond acceptors (Lipinski definition) is 4. The summed E-state index contributed by atoms with van der Waals surface area (Å²) in [6.45, 7) is 3.30. The Kier molecular flexibility index (Phi) is 4.55. The van der Waals surface area contributed by atoms with Gasteiger partial charge in [0.1, 0.15) is 17.2 Å². The lowest BCUT2D eigenvalue weighted by Crippen LogP contribution is -2.29. The van der Waals surface area contributed by atoms with E-state index in [2.05, 4.69) is 10.4 Å². The first-order chi connectivity index (χ1) is 13.0. The number of benzene rings is 1. The Morgan fingerprint density at radius 1 is 1.37 bits per heavy atom. The Hall–Kier alpha value is -2.90. The first-order valence-electron chi connectivity index (χ1n) is 9.18. The summed E-state index contributed by atoms with van der Waals surface area (Å²) in [4.78, 5) is 24.6. The van der Waals surface area contributed by atoms with E-state index in [9.17, 15) is 14.0 Å². The summed E-state index contributed by atoms with van der Waals surface area (Å²) in [6.07, 6.45) is 3.49. The summed E-state index contributed by atoms with van der Waals surface area (Å²) >= 11 is 0. The maximum absolute atomic E-state index is 13.4. The number of amides is 1. The molecule has 0 aliphatic carbocycles. The quantitative estimate of drug-likeness (QED) is 0.697. The van der Waals surface area contributed by atoms with Crippen molar-refractivity contribution in [3.63, 3.8) is 0 Å². The van der Waals surface area contributed by atoms with Gasteiger partial charge in [-0.05, 0) is 44.4 Å². The van der Waals surface area contributed by atoms with E-state index >= 15 is 0 Å². The van der Waals surface area contributed by atoms with Crippen molar-refractivity contribution in [2.24, 2.45) is 0 Å². The molecule has 4 rings (SSSR count). The predicted molar refractivity (Wildman–Crippen MR) is 97.3 cm³/mol. The van der Waals surface area contributed by atoms with Gasteiger partial charge in [-0.25, -0.2) is 13.9 Å². The molecule has 0 saturated carbocycles. The van der Waals surface area contributed by atoms with Crippen molar-refractivity contribution in [1.29, 1.82) is 0 Å². The molecule has 1 aliphatic rings. The van der Waals surface area contributed by atoms with Gasteiger partial charge in [0.2, 0.25) is 0 Å². The number of fused-ring (bicyclic) bond motifs is 2. The zero-order chi connectivity index (χ0) is 19.0. The zero-order valence-electron chi connectivity index (χ0n) is 15.1. The summed E-state index contributed by atoms with van der Waals surface area (Å²) in [6, 6.07) is 4.18. The molecule has 7 nitrogen and oxygen atoms in total. The SMILES string of the molecule is Cc1c(C(=O)NCCCn2nc3n(c2=O)CCCC3)oc2ccc(F)cc12. The number of rotatable bonds is 5. The van der Waals surface area contributed by atoms with E-state index in [0.29, 0.717) is 36.0 Å².